The first-order valence-electron chi connectivity index (χ1n) is 7.95. The van der Waals surface area contributed by atoms with Crippen LogP contribution in [0.3, 0.4) is 0 Å². The summed E-state index contributed by atoms with van der Waals surface area (Å²) in [4.78, 5) is 0. The smallest absolute Gasteiger partial charge is 0.00277 e. The Morgan fingerprint density at radius 1 is 0.909 bits per heavy atom. The van der Waals surface area contributed by atoms with Crippen LogP contribution in [-0.4, -0.2) is 7.05 Å². The van der Waals surface area contributed by atoms with Gasteiger partial charge in [-0.05, 0) is 47.9 Å². The highest BCUT2D eigenvalue weighted by atomic mass is 14.8. The molecule has 0 saturated heterocycles. The lowest BCUT2D eigenvalue weighted by atomic mass is 9.98. The molecule has 0 aliphatic heterocycles. The van der Waals surface area contributed by atoms with E-state index in [2.05, 4.69) is 66.9 Å². The van der Waals surface area contributed by atoms with Crippen molar-refractivity contribution in [3.05, 3.63) is 84.1 Å². The van der Waals surface area contributed by atoms with E-state index in [4.69, 9.17) is 0 Å². The van der Waals surface area contributed by atoms with Gasteiger partial charge in [-0.2, -0.15) is 0 Å². The zero-order valence-corrected chi connectivity index (χ0v) is 14.1. The van der Waals surface area contributed by atoms with Crippen LogP contribution in [0.4, 0.5) is 0 Å². The number of hydrogen-bond acceptors (Lipinski definition) is 1. The summed E-state index contributed by atoms with van der Waals surface area (Å²) in [5.74, 6) is 0. The van der Waals surface area contributed by atoms with Crippen LogP contribution in [0.5, 0.6) is 0 Å². The molecule has 0 aliphatic carbocycles. The molecular formula is C21H27N. The van der Waals surface area contributed by atoms with Crippen molar-refractivity contribution in [2.75, 3.05) is 7.05 Å². The van der Waals surface area contributed by atoms with E-state index in [1.807, 2.05) is 39.2 Å². The van der Waals surface area contributed by atoms with Crippen molar-refractivity contribution in [2.45, 2.75) is 27.2 Å². The van der Waals surface area contributed by atoms with E-state index < -0.39 is 0 Å². The van der Waals surface area contributed by atoms with E-state index in [0.29, 0.717) is 0 Å². The van der Waals surface area contributed by atoms with Gasteiger partial charge in [0.2, 0.25) is 0 Å². The normalized spacial score (nSPS) is 10.5. The van der Waals surface area contributed by atoms with Gasteiger partial charge in [0.1, 0.15) is 0 Å². The molecule has 22 heavy (non-hydrogen) atoms. The number of benzene rings is 2. The molecule has 0 aliphatic rings. The minimum absolute atomic E-state index is 0.967. The molecule has 1 nitrogen and oxygen atoms in total. The van der Waals surface area contributed by atoms with Gasteiger partial charge in [-0.25, -0.2) is 0 Å². The molecule has 116 valence electrons. The molecule has 1 heteroatoms. The second-order valence-electron chi connectivity index (χ2n) is 4.79. The van der Waals surface area contributed by atoms with E-state index >= 15 is 0 Å². The van der Waals surface area contributed by atoms with E-state index in [9.17, 15) is 0 Å². The van der Waals surface area contributed by atoms with Crippen molar-refractivity contribution >= 4 is 0 Å². The van der Waals surface area contributed by atoms with Crippen molar-refractivity contribution < 1.29 is 0 Å². The third-order valence-electron chi connectivity index (χ3n) is 3.30. The maximum atomic E-state index is 2.97. The summed E-state index contributed by atoms with van der Waals surface area (Å²) in [6.07, 6.45) is 9.14. The van der Waals surface area contributed by atoms with Crippen molar-refractivity contribution in [3.63, 3.8) is 0 Å². The number of nitrogens with one attached hydrogen (secondary N) is 1. The first-order valence-corrected chi connectivity index (χ1v) is 7.95. The third-order valence-corrected chi connectivity index (χ3v) is 3.30. The largest absolute Gasteiger partial charge is 0.394 e. The predicted octanol–water partition coefficient (Wildman–Crippen LogP) is 5.52. The highest BCUT2D eigenvalue weighted by Gasteiger charge is 2.00. The molecule has 0 saturated carbocycles. The Bertz CT molecular complexity index is 595. The first-order chi connectivity index (χ1) is 10.8. The van der Waals surface area contributed by atoms with Crippen LogP contribution in [0.25, 0.3) is 11.1 Å². The fourth-order valence-electron chi connectivity index (χ4n) is 2.16. The molecule has 0 fully saturated rings. The van der Waals surface area contributed by atoms with Gasteiger partial charge < -0.3 is 5.32 Å². The third kappa shape index (κ3) is 5.61. The molecule has 0 radical (unpaired) electrons. The Kier molecular flexibility index (Phi) is 8.44. The molecule has 0 unspecified atom stereocenters. The summed E-state index contributed by atoms with van der Waals surface area (Å²) < 4.78 is 0. The molecule has 0 atom stereocenters. The van der Waals surface area contributed by atoms with Crippen LogP contribution in [0.2, 0.25) is 0 Å². The Labute approximate surface area is 135 Å². The van der Waals surface area contributed by atoms with Gasteiger partial charge in [0.15, 0.2) is 0 Å². The first kappa shape index (κ1) is 17.8. The number of hydrogen-bond donors (Lipinski definition) is 1. The Hall–Kier alpha value is -2.28. The quantitative estimate of drug-likeness (QED) is 0.716. The fraction of sp³-hybridized carbons (Fsp3) is 0.238. The standard InChI is InChI=1S/C19H21N.C2H6/c1-16-15-19(18-10-5-3-6-11-18)13-12-17(16)9-7-4-8-14-20-2;1-2/h3-8,10-15,20H,9H2,1-2H3;1-2H3/b7-4-,14-8-;. The van der Waals surface area contributed by atoms with Crippen molar-refractivity contribution in [2.24, 2.45) is 0 Å². The topological polar surface area (TPSA) is 12.0 Å². The molecule has 0 aromatic heterocycles. The zero-order chi connectivity index (χ0) is 16.2. The summed E-state index contributed by atoms with van der Waals surface area (Å²) in [5, 5.41) is 2.97. The van der Waals surface area contributed by atoms with Crippen molar-refractivity contribution in [1.82, 2.24) is 5.32 Å². The molecule has 2 aromatic carbocycles. The lowest BCUT2D eigenvalue weighted by molar-refractivity contribution is 1.10. The fourth-order valence-corrected chi connectivity index (χ4v) is 2.16. The van der Waals surface area contributed by atoms with Crippen LogP contribution in [0, 0.1) is 6.92 Å². The Balaban J connectivity index is 0.00000116. The predicted molar refractivity (Wildman–Crippen MR) is 99.0 cm³/mol. The summed E-state index contributed by atoms with van der Waals surface area (Å²) in [6, 6.07) is 17.2. The second kappa shape index (κ2) is 10.4. The zero-order valence-electron chi connectivity index (χ0n) is 14.1. The van der Waals surface area contributed by atoms with Crippen LogP contribution in [0.1, 0.15) is 25.0 Å². The van der Waals surface area contributed by atoms with Gasteiger partial charge >= 0.3 is 0 Å². The van der Waals surface area contributed by atoms with E-state index in [0.717, 1.165) is 6.42 Å². The average molecular weight is 293 g/mol. The lowest BCUT2D eigenvalue weighted by Crippen LogP contribution is -1.90. The minimum Gasteiger partial charge on any atom is -0.394 e. The molecule has 0 heterocycles. The van der Waals surface area contributed by atoms with Gasteiger partial charge in [0.05, 0.1) is 0 Å². The molecular weight excluding hydrogens is 266 g/mol. The summed E-state index contributed by atoms with van der Waals surface area (Å²) in [5.41, 5.74) is 5.27. The van der Waals surface area contributed by atoms with Crippen LogP contribution < -0.4 is 5.32 Å². The van der Waals surface area contributed by atoms with Crippen LogP contribution in [-0.2, 0) is 6.42 Å². The maximum absolute atomic E-state index is 2.97. The van der Waals surface area contributed by atoms with Crippen molar-refractivity contribution in [3.8, 4) is 11.1 Å². The molecule has 2 aromatic rings. The highest BCUT2D eigenvalue weighted by molar-refractivity contribution is 5.64. The van der Waals surface area contributed by atoms with E-state index in [-0.39, 0.29) is 0 Å². The summed E-state index contributed by atoms with van der Waals surface area (Å²) in [7, 11) is 1.90. The Morgan fingerprint density at radius 2 is 1.64 bits per heavy atom. The summed E-state index contributed by atoms with van der Waals surface area (Å²) >= 11 is 0. The number of rotatable bonds is 5. The summed E-state index contributed by atoms with van der Waals surface area (Å²) in [6.45, 7) is 6.18. The second-order valence-corrected chi connectivity index (χ2v) is 4.79. The monoisotopic (exact) mass is 293 g/mol. The lowest BCUT2D eigenvalue weighted by Gasteiger charge is -2.07. The number of aryl methyl sites for hydroxylation is 1. The van der Waals surface area contributed by atoms with Gasteiger partial charge in [-0.15, -0.1) is 0 Å². The van der Waals surface area contributed by atoms with E-state index in [1.165, 1.54) is 22.3 Å². The highest BCUT2D eigenvalue weighted by Crippen LogP contribution is 2.22. The van der Waals surface area contributed by atoms with E-state index in [1.54, 1.807) is 0 Å². The minimum atomic E-state index is 0.967. The molecule has 0 bridgehead atoms. The van der Waals surface area contributed by atoms with Crippen LogP contribution >= 0.6 is 0 Å². The molecule has 0 spiro atoms. The Morgan fingerprint density at radius 3 is 2.27 bits per heavy atom. The molecule has 1 N–H and O–H groups in total. The SMILES string of the molecule is CC.CN/C=C\C=C/Cc1ccc(-c2ccccc2)cc1C. The van der Waals surface area contributed by atoms with Gasteiger partial charge in [-0.1, -0.05) is 74.5 Å². The van der Waals surface area contributed by atoms with Gasteiger partial charge in [0.25, 0.3) is 0 Å². The maximum Gasteiger partial charge on any atom is 0.00277 e. The number of allylic oxidation sites excluding steroid dienone is 3. The van der Waals surface area contributed by atoms with Gasteiger partial charge in [-0.3, -0.25) is 0 Å². The average Bonchev–Trinajstić information content (AvgIpc) is 2.58. The van der Waals surface area contributed by atoms with Crippen LogP contribution in [0.15, 0.2) is 73.0 Å². The van der Waals surface area contributed by atoms with Gasteiger partial charge in [0, 0.05) is 7.05 Å². The molecule has 2 rings (SSSR count). The molecule has 0 amide bonds. The van der Waals surface area contributed by atoms with Crippen molar-refractivity contribution in [1.29, 1.82) is 0 Å².